The van der Waals surface area contributed by atoms with E-state index < -0.39 is 5.60 Å². The molecule has 0 aliphatic carbocycles. The Hall–Kier alpha value is -3.47. The van der Waals surface area contributed by atoms with Crippen LogP contribution in [0.25, 0.3) is 0 Å². The summed E-state index contributed by atoms with van der Waals surface area (Å²) in [5.74, 6) is 1.09. The van der Waals surface area contributed by atoms with Gasteiger partial charge in [0.25, 0.3) is 0 Å². The van der Waals surface area contributed by atoms with Crippen molar-refractivity contribution in [2.45, 2.75) is 19.4 Å². The van der Waals surface area contributed by atoms with Gasteiger partial charge in [0.2, 0.25) is 0 Å². The van der Waals surface area contributed by atoms with Gasteiger partial charge < -0.3 is 19.7 Å². The third kappa shape index (κ3) is 2.32. The van der Waals surface area contributed by atoms with Crippen LogP contribution in [0.2, 0.25) is 0 Å². The van der Waals surface area contributed by atoms with Gasteiger partial charge in [-0.2, -0.15) is 0 Å². The van der Waals surface area contributed by atoms with Crippen LogP contribution >= 0.6 is 0 Å². The molecule has 5 nitrogen and oxygen atoms in total. The highest BCUT2D eigenvalue weighted by atomic mass is 16.6. The fourth-order valence-corrected chi connectivity index (χ4v) is 4.78. The van der Waals surface area contributed by atoms with Gasteiger partial charge in [0.15, 0.2) is 5.60 Å². The molecule has 3 aromatic carbocycles. The molecular weight excluding hydrogens is 376 g/mol. The number of nitrogens with zero attached hydrogens (tertiary/aromatic N) is 1. The smallest absolute Gasteiger partial charge is 0.342 e. The topological polar surface area (TPSA) is 50.8 Å². The number of para-hydroxylation sites is 2. The van der Waals surface area contributed by atoms with Crippen molar-refractivity contribution in [2.75, 3.05) is 30.4 Å². The molecule has 0 atom stereocenters. The molecule has 0 saturated heterocycles. The second-order valence-corrected chi connectivity index (χ2v) is 7.47. The molecule has 0 bridgehead atoms. The molecule has 0 amide bonds. The van der Waals surface area contributed by atoms with Crippen LogP contribution < -0.4 is 15.0 Å². The van der Waals surface area contributed by atoms with Gasteiger partial charge in [-0.25, -0.2) is 4.79 Å². The van der Waals surface area contributed by atoms with Gasteiger partial charge >= 0.3 is 5.97 Å². The van der Waals surface area contributed by atoms with Crippen LogP contribution in [0.3, 0.4) is 0 Å². The molecule has 2 heterocycles. The van der Waals surface area contributed by atoms with E-state index >= 15 is 0 Å². The third-order valence-electron chi connectivity index (χ3n) is 6.11. The lowest BCUT2D eigenvalue weighted by atomic mass is 9.76. The summed E-state index contributed by atoms with van der Waals surface area (Å²) in [7, 11) is 1.88. The predicted octanol–water partition coefficient (Wildman–Crippen LogP) is 5.14. The molecule has 2 aliphatic heterocycles. The van der Waals surface area contributed by atoms with Gasteiger partial charge in [0.05, 0.1) is 11.3 Å². The number of rotatable bonds is 4. The van der Waals surface area contributed by atoms with Crippen LogP contribution in [0.15, 0.2) is 60.7 Å². The van der Waals surface area contributed by atoms with Crippen LogP contribution in [0, 0.1) is 0 Å². The van der Waals surface area contributed by atoms with E-state index in [-0.39, 0.29) is 5.97 Å². The minimum Gasteiger partial charge on any atom is -0.456 e. The Kier molecular flexibility index (Phi) is 4.21. The van der Waals surface area contributed by atoms with Crippen molar-refractivity contribution in [3.63, 3.8) is 0 Å². The number of esters is 1. The van der Waals surface area contributed by atoms with Crippen molar-refractivity contribution in [2.24, 2.45) is 0 Å². The van der Waals surface area contributed by atoms with E-state index in [0.29, 0.717) is 17.1 Å². The molecule has 5 heteroatoms. The van der Waals surface area contributed by atoms with E-state index in [2.05, 4.69) is 24.1 Å². The lowest BCUT2D eigenvalue weighted by molar-refractivity contribution is 0.0226. The normalized spacial score (nSPS) is 15.0. The summed E-state index contributed by atoms with van der Waals surface area (Å²) in [5, 5.41) is 3.29. The van der Waals surface area contributed by atoms with Gasteiger partial charge in [0, 0.05) is 42.5 Å². The molecule has 0 unspecified atom stereocenters. The minimum absolute atomic E-state index is 0.310. The van der Waals surface area contributed by atoms with Crippen molar-refractivity contribution in [1.82, 2.24) is 0 Å². The molecular formula is C25H24N2O3. The summed E-state index contributed by atoms with van der Waals surface area (Å²) in [4.78, 5) is 15.7. The molecule has 5 rings (SSSR count). The van der Waals surface area contributed by atoms with Crippen molar-refractivity contribution in [1.29, 1.82) is 0 Å². The Morgan fingerprint density at radius 2 is 1.50 bits per heavy atom. The fraction of sp³-hybridized carbons (Fsp3) is 0.240. The number of carbonyl (C=O) groups excluding carboxylic acids is 1. The Balaban J connectivity index is 1.91. The highest BCUT2D eigenvalue weighted by molar-refractivity contribution is 6.04. The molecule has 0 fully saturated rings. The molecule has 1 N–H and O–H groups in total. The molecule has 2 aliphatic rings. The zero-order valence-corrected chi connectivity index (χ0v) is 17.4. The van der Waals surface area contributed by atoms with Crippen LogP contribution in [-0.4, -0.2) is 26.1 Å². The van der Waals surface area contributed by atoms with E-state index in [1.807, 2.05) is 67.7 Å². The average molecular weight is 400 g/mol. The maximum absolute atomic E-state index is 13.5. The molecule has 3 aromatic rings. The number of anilines is 2. The summed E-state index contributed by atoms with van der Waals surface area (Å²) in [5.41, 5.74) is 3.86. The predicted molar refractivity (Wildman–Crippen MR) is 118 cm³/mol. The minimum atomic E-state index is -1.06. The van der Waals surface area contributed by atoms with E-state index in [0.717, 1.165) is 41.2 Å². The van der Waals surface area contributed by atoms with Gasteiger partial charge in [-0.1, -0.05) is 36.4 Å². The second-order valence-electron chi connectivity index (χ2n) is 7.47. The van der Waals surface area contributed by atoms with Gasteiger partial charge in [-0.15, -0.1) is 0 Å². The van der Waals surface area contributed by atoms with E-state index in [9.17, 15) is 4.79 Å². The number of ether oxygens (including phenoxy) is 2. The molecule has 152 valence electrons. The van der Waals surface area contributed by atoms with Crippen LogP contribution in [0.1, 0.15) is 40.9 Å². The van der Waals surface area contributed by atoms with E-state index in [1.54, 1.807) is 0 Å². The molecule has 0 radical (unpaired) electrons. The van der Waals surface area contributed by atoms with Crippen molar-refractivity contribution in [3.8, 4) is 11.5 Å². The van der Waals surface area contributed by atoms with Gasteiger partial charge in [0.1, 0.15) is 11.5 Å². The van der Waals surface area contributed by atoms with E-state index in [1.165, 1.54) is 0 Å². The Labute approximate surface area is 176 Å². The molecule has 30 heavy (non-hydrogen) atoms. The van der Waals surface area contributed by atoms with Crippen LogP contribution in [0.5, 0.6) is 11.5 Å². The SMILES string of the molecule is CCN(CC)c1ccc(NC)c2c1C(=O)OC21c2ccccc2Oc2ccccc21. The molecule has 0 aromatic heterocycles. The molecule has 0 saturated carbocycles. The molecule has 1 spiro atoms. The van der Waals surface area contributed by atoms with Crippen molar-refractivity contribution in [3.05, 3.63) is 82.9 Å². The first-order chi connectivity index (χ1) is 14.7. The maximum Gasteiger partial charge on any atom is 0.342 e. The number of hydrogen-bond acceptors (Lipinski definition) is 5. The summed E-state index contributed by atoms with van der Waals surface area (Å²) in [6.07, 6.45) is 0. The summed E-state index contributed by atoms with van der Waals surface area (Å²) >= 11 is 0. The monoisotopic (exact) mass is 400 g/mol. The van der Waals surface area contributed by atoms with Gasteiger partial charge in [-0.05, 0) is 38.1 Å². The Morgan fingerprint density at radius 3 is 2.07 bits per heavy atom. The lowest BCUT2D eigenvalue weighted by Gasteiger charge is -2.37. The van der Waals surface area contributed by atoms with Crippen LogP contribution in [0.4, 0.5) is 11.4 Å². The van der Waals surface area contributed by atoms with Crippen molar-refractivity contribution < 1.29 is 14.3 Å². The number of fused-ring (bicyclic) bond motifs is 6. The fourth-order valence-electron chi connectivity index (χ4n) is 4.78. The average Bonchev–Trinajstić information content (AvgIpc) is 3.09. The highest BCUT2D eigenvalue weighted by Gasteiger charge is 2.55. The van der Waals surface area contributed by atoms with E-state index in [4.69, 9.17) is 9.47 Å². The summed E-state index contributed by atoms with van der Waals surface area (Å²) < 4.78 is 12.5. The number of nitrogens with one attached hydrogen (secondary N) is 1. The highest BCUT2D eigenvalue weighted by Crippen LogP contribution is 2.58. The largest absolute Gasteiger partial charge is 0.456 e. The number of hydrogen-bond donors (Lipinski definition) is 1. The number of benzene rings is 3. The summed E-state index contributed by atoms with van der Waals surface area (Å²) in [6, 6.07) is 19.6. The quantitative estimate of drug-likeness (QED) is 0.615. The number of carbonyl (C=O) groups is 1. The third-order valence-corrected chi connectivity index (χ3v) is 6.11. The Bertz CT molecular complexity index is 1110. The van der Waals surface area contributed by atoms with Gasteiger partial charge in [-0.3, -0.25) is 0 Å². The summed E-state index contributed by atoms with van der Waals surface area (Å²) in [6.45, 7) is 5.80. The first-order valence-corrected chi connectivity index (χ1v) is 10.4. The van der Waals surface area contributed by atoms with Crippen LogP contribution in [-0.2, 0) is 10.3 Å². The first-order valence-electron chi connectivity index (χ1n) is 10.4. The standard InChI is InChI=1S/C25H24N2O3/c1-4-27(5-2)19-15-14-18(26-3)23-22(19)24(28)30-25(23)16-10-6-8-12-20(16)29-21-13-9-7-11-17(21)25/h6-15,26H,4-5H2,1-3H3. The second kappa shape index (κ2) is 6.80. The zero-order chi connectivity index (χ0) is 20.9. The zero-order valence-electron chi connectivity index (χ0n) is 17.4. The first kappa shape index (κ1) is 18.6. The lowest BCUT2D eigenvalue weighted by Crippen LogP contribution is -2.33. The Morgan fingerprint density at radius 1 is 0.900 bits per heavy atom. The maximum atomic E-state index is 13.5. The van der Waals surface area contributed by atoms with Crippen molar-refractivity contribution >= 4 is 17.3 Å².